The number of anilines is 1. The minimum Gasteiger partial charge on any atom is -0.383 e. The van der Waals surface area contributed by atoms with Gasteiger partial charge in [-0.2, -0.15) is 0 Å². The third kappa shape index (κ3) is 3.62. The Morgan fingerprint density at radius 2 is 2.21 bits per heavy atom. The molecule has 0 aliphatic heterocycles. The molecule has 3 nitrogen and oxygen atoms in total. The second-order valence-electron chi connectivity index (χ2n) is 5.24. The van der Waals surface area contributed by atoms with Gasteiger partial charge >= 0.3 is 0 Å². The maximum atomic E-state index is 6.15. The average molecular weight is 283 g/mol. The van der Waals surface area contributed by atoms with Crippen molar-refractivity contribution in [1.82, 2.24) is 0 Å². The Balaban J connectivity index is 2.27. The van der Waals surface area contributed by atoms with Crippen molar-refractivity contribution in [2.24, 2.45) is 11.7 Å². The largest absolute Gasteiger partial charge is 0.383 e. The minimum atomic E-state index is 0.513. The summed E-state index contributed by atoms with van der Waals surface area (Å²) in [4.78, 5) is 2.40. The number of nitrogens with two attached hydrogens (primary N) is 1. The molecule has 4 heteroatoms. The SMILES string of the molecule is COCCN(c1cc(Cl)ccc1CN)C(C)C1CC1. The summed E-state index contributed by atoms with van der Waals surface area (Å²) in [6, 6.07) is 6.47. The third-order valence-electron chi connectivity index (χ3n) is 3.91. The molecule has 0 amide bonds. The van der Waals surface area contributed by atoms with Crippen molar-refractivity contribution in [2.45, 2.75) is 32.4 Å². The molecule has 1 aromatic rings. The molecule has 0 heterocycles. The smallest absolute Gasteiger partial charge is 0.0637 e. The number of ether oxygens (including phenoxy) is 1. The van der Waals surface area contributed by atoms with Crippen LogP contribution in [0.2, 0.25) is 5.02 Å². The normalized spacial score (nSPS) is 16.4. The molecule has 0 spiro atoms. The molecule has 0 saturated heterocycles. The van der Waals surface area contributed by atoms with Crippen molar-refractivity contribution in [1.29, 1.82) is 0 Å². The van der Waals surface area contributed by atoms with E-state index in [1.165, 1.54) is 12.8 Å². The van der Waals surface area contributed by atoms with Gasteiger partial charge in [-0.1, -0.05) is 17.7 Å². The molecule has 0 radical (unpaired) electrons. The van der Waals surface area contributed by atoms with Crippen molar-refractivity contribution in [3.05, 3.63) is 28.8 Å². The fourth-order valence-electron chi connectivity index (χ4n) is 2.54. The fraction of sp³-hybridized carbons (Fsp3) is 0.600. The fourth-order valence-corrected chi connectivity index (χ4v) is 2.71. The molecule has 106 valence electrons. The second-order valence-corrected chi connectivity index (χ2v) is 5.68. The molecule has 2 N–H and O–H groups in total. The number of halogens is 1. The van der Waals surface area contributed by atoms with E-state index < -0.39 is 0 Å². The van der Waals surface area contributed by atoms with Crippen LogP contribution in [0, 0.1) is 5.92 Å². The quantitative estimate of drug-likeness (QED) is 0.835. The van der Waals surface area contributed by atoms with Crippen molar-refractivity contribution < 1.29 is 4.74 Å². The molecule has 1 aromatic carbocycles. The highest BCUT2D eigenvalue weighted by atomic mass is 35.5. The van der Waals surface area contributed by atoms with E-state index in [2.05, 4.69) is 11.8 Å². The number of nitrogens with zero attached hydrogens (tertiary/aromatic N) is 1. The van der Waals surface area contributed by atoms with Gasteiger partial charge in [0.05, 0.1) is 6.61 Å². The highest BCUT2D eigenvalue weighted by Crippen LogP contribution is 2.38. The van der Waals surface area contributed by atoms with E-state index in [1.54, 1.807) is 7.11 Å². The van der Waals surface area contributed by atoms with Crippen LogP contribution in [0.25, 0.3) is 0 Å². The predicted octanol–water partition coefficient (Wildman–Crippen LogP) is 3.05. The summed E-state index contributed by atoms with van der Waals surface area (Å²) in [6.07, 6.45) is 2.65. The van der Waals surface area contributed by atoms with Crippen LogP contribution in [0.4, 0.5) is 5.69 Å². The van der Waals surface area contributed by atoms with Crippen molar-refractivity contribution in [3.8, 4) is 0 Å². The highest BCUT2D eigenvalue weighted by Gasteiger charge is 2.32. The molecular formula is C15H23ClN2O. The van der Waals surface area contributed by atoms with E-state index in [9.17, 15) is 0 Å². The Kier molecular flexibility index (Phi) is 5.08. The Hall–Kier alpha value is -0.770. The van der Waals surface area contributed by atoms with E-state index in [1.807, 2.05) is 18.2 Å². The van der Waals surface area contributed by atoms with E-state index in [-0.39, 0.29) is 0 Å². The Morgan fingerprint density at radius 1 is 1.47 bits per heavy atom. The molecule has 1 aliphatic carbocycles. The molecule has 19 heavy (non-hydrogen) atoms. The zero-order valence-electron chi connectivity index (χ0n) is 11.7. The van der Waals surface area contributed by atoms with Gasteiger partial charge in [0.25, 0.3) is 0 Å². The van der Waals surface area contributed by atoms with Gasteiger partial charge in [-0.3, -0.25) is 0 Å². The molecule has 1 saturated carbocycles. The minimum absolute atomic E-state index is 0.513. The summed E-state index contributed by atoms with van der Waals surface area (Å²) in [5.74, 6) is 0.793. The number of benzene rings is 1. The van der Waals surface area contributed by atoms with Crippen LogP contribution >= 0.6 is 11.6 Å². The Bertz CT molecular complexity index is 421. The lowest BCUT2D eigenvalue weighted by atomic mass is 10.1. The summed E-state index contributed by atoms with van der Waals surface area (Å²) in [7, 11) is 1.74. The first-order valence-corrected chi connectivity index (χ1v) is 7.29. The van der Waals surface area contributed by atoms with Crippen LogP contribution in [-0.2, 0) is 11.3 Å². The van der Waals surface area contributed by atoms with Gasteiger partial charge in [-0.25, -0.2) is 0 Å². The van der Waals surface area contributed by atoms with Crippen molar-refractivity contribution in [3.63, 3.8) is 0 Å². The van der Waals surface area contributed by atoms with Gasteiger partial charge in [0.2, 0.25) is 0 Å². The van der Waals surface area contributed by atoms with Crippen molar-refractivity contribution in [2.75, 3.05) is 25.2 Å². The summed E-state index contributed by atoms with van der Waals surface area (Å²) in [6.45, 7) is 4.41. The lowest BCUT2D eigenvalue weighted by Crippen LogP contribution is -2.38. The predicted molar refractivity (Wildman–Crippen MR) is 80.8 cm³/mol. The van der Waals surface area contributed by atoms with Crippen LogP contribution in [0.5, 0.6) is 0 Å². The maximum Gasteiger partial charge on any atom is 0.0637 e. The molecular weight excluding hydrogens is 260 g/mol. The Labute approximate surface area is 120 Å². The lowest BCUT2D eigenvalue weighted by Gasteiger charge is -2.33. The summed E-state index contributed by atoms with van der Waals surface area (Å²) in [5.41, 5.74) is 8.16. The van der Waals surface area contributed by atoms with Crippen LogP contribution in [0.15, 0.2) is 18.2 Å². The molecule has 2 rings (SSSR count). The average Bonchev–Trinajstić information content (AvgIpc) is 3.23. The van der Waals surface area contributed by atoms with E-state index >= 15 is 0 Å². The van der Waals surface area contributed by atoms with Crippen LogP contribution < -0.4 is 10.6 Å². The number of hydrogen-bond donors (Lipinski definition) is 1. The molecule has 0 aromatic heterocycles. The maximum absolute atomic E-state index is 6.15. The van der Waals surface area contributed by atoms with E-state index in [0.29, 0.717) is 19.2 Å². The lowest BCUT2D eigenvalue weighted by molar-refractivity contribution is 0.202. The van der Waals surface area contributed by atoms with Gasteiger partial charge < -0.3 is 15.4 Å². The zero-order valence-corrected chi connectivity index (χ0v) is 12.5. The number of methoxy groups -OCH3 is 1. The highest BCUT2D eigenvalue weighted by molar-refractivity contribution is 6.30. The van der Waals surface area contributed by atoms with Crippen LogP contribution in [0.3, 0.4) is 0 Å². The molecule has 1 atom stereocenters. The van der Waals surface area contributed by atoms with Gasteiger partial charge in [-0.05, 0) is 43.4 Å². The monoisotopic (exact) mass is 282 g/mol. The molecule has 1 aliphatic rings. The number of hydrogen-bond acceptors (Lipinski definition) is 3. The molecule has 1 unspecified atom stereocenters. The Morgan fingerprint density at radius 3 is 2.79 bits per heavy atom. The van der Waals surface area contributed by atoms with Gasteiger partial charge in [0, 0.05) is 37.0 Å². The first kappa shape index (κ1) is 14.6. The first-order valence-electron chi connectivity index (χ1n) is 6.91. The van der Waals surface area contributed by atoms with Gasteiger partial charge in [0.1, 0.15) is 0 Å². The topological polar surface area (TPSA) is 38.5 Å². The van der Waals surface area contributed by atoms with E-state index in [0.717, 1.165) is 28.7 Å². The van der Waals surface area contributed by atoms with Gasteiger partial charge in [-0.15, -0.1) is 0 Å². The molecule has 1 fully saturated rings. The third-order valence-corrected chi connectivity index (χ3v) is 4.14. The first-order chi connectivity index (χ1) is 9.17. The van der Waals surface area contributed by atoms with Crippen LogP contribution in [-0.4, -0.2) is 26.3 Å². The van der Waals surface area contributed by atoms with E-state index in [4.69, 9.17) is 22.1 Å². The zero-order chi connectivity index (χ0) is 13.8. The van der Waals surface area contributed by atoms with Gasteiger partial charge in [0.15, 0.2) is 0 Å². The number of rotatable bonds is 7. The summed E-state index contributed by atoms with van der Waals surface area (Å²) < 4.78 is 5.24. The second kappa shape index (κ2) is 6.60. The molecule has 0 bridgehead atoms. The summed E-state index contributed by atoms with van der Waals surface area (Å²) >= 11 is 6.15. The van der Waals surface area contributed by atoms with Crippen LogP contribution in [0.1, 0.15) is 25.3 Å². The summed E-state index contributed by atoms with van der Waals surface area (Å²) in [5, 5.41) is 0.762. The van der Waals surface area contributed by atoms with Crippen molar-refractivity contribution >= 4 is 17.3 Å². The standard InChI is InChI=1S/C15H23ClN2O/c1-11(12-3-4-12)18(7-8-19-2)15-9-14(16)6-5-13(15)10-17/h5-6,9,11-12H,3-4,7-8,10,17H2,1-2H3.